The van der Waals surface area contributed by atoms with Gasteiger partial charge in [-0.25, -0.2) is 12.8 Å². The molecule has 0 radical (unpaired) electrons. The molecule has 0 aromatic heterocycles. The smallest absolute Gasteiger partial charge is 0.306 e. The Hall–Kier alpha value is -1.19. The lowest BCUT2D eigenvalue weighted by atomic mass is 9.99. The van der Waals surface area contributed by atoms with Crippen LogP contribution in [0.3, 0.4) is 0 Å². The summed E-state index contributed by atoms with van der Waals surface area (Å²) in [5, 5.41) is 8.95. The van der Waals surface area contributed by atoms with E-state index in [-0.39, 0.29) is 41.0 Å². The first-order chi connectivity index (χ1) is 10.3. The summed E-state index contributed by atoms with van der Waals surface area (Å²) in [6.07, 6.45) is 0.464. The summed E-state index contributed by atoms with van der Waals surface area (Å²) in [6.45, 7) is 0.167. The Morgan fingerprint density at radius 1 is 1.41 bits per heavy atom. The summed E-state index contributed by atoms with van der Waals surface area (Å²) in [6, 6.07) is 2.16. The van der Waals surface area contributed by atoms with E-state index < -0.39 is 27.7 Å². The Morgan fingerprint density at radius 2 is 2.00 bits per heavy atom. The molecule has 1 saturated heterocycles. The number of carbonyl (C=O) groups is 1. The van der Waals surface area contributed by atoms with Crippen molar-refractivity contribution in [1.29, 1.82) is 0 Å². The standard InChI is InChI=1S/C13H15BrFNO5S/c1-21-11-6-9(14)10(15)7-12(11)22(19,20)16-4-2-8(3-5-16)13(17)18/h6-8H,2-5H2,1H3,(H,17,18). The summed E-state index contributed by atoms with van der Waals surface area (Å²) in [7, 11) is -2.64. The number of piperidine rings is 1. The van der Waals surface area contributed by atoms with Crippen LogP contribution in [0.1, 0.15) is 12.8 Å². The van der Waals surface area contributed by atoms with E-state index in [4.69, 9.17) is 9.84 Å². The van der Waals surface area contributed by atoms with E-state index in [9.17, 15) is 17.6 Å². The molecule has 1 fully saturated rings. The third kappa shape index (κ3) is 3.26. The fourth-order valence-electron chi connectivity index (χ4n) is 2.35. The van der Waals surface area contributed by atoms with Gasteiger partial charge in [-0.3, -0.25) is 4.79 Å². The molecule has 1 aliphatic heterocycles. The zero-order valence-electron chi connectivity index (χ0n) is 11.8. The Labute approximate surface area is 136 Å². The van der Waals surface area contributed by atoms with Crippen LogP contribution in [0.4, 0.5) is 4.39 Å². The number of hydrogen-bond donors (Lipinski definition) is 1. The molecule has 0 atom stereocenters. The fourth-order valence-corrected chi connectivity index (χ4v) is 4.29. The van der Waals surface area contributed by atoms with Gasteiger partial charge in [0.05, 0.1) is 17.5 Å². The number of benzene rings is 1. The van der Waals surface area contributed by atoms with Gasteiger partial charge in [-0.1, -0.05) is 0 Å². The molecular weight excluding hydrogens is 381 g/mol. The van der Waals surface area contributed by atoms with Gasteiger partial charge in [0.1, 0.15) is 16.5 Å². The van der Waals surface area contributed by atoms with Crippen LogP contribution in [0.5, 0.6) is 5.75 Å². The molecule has 122 valence electrons. The van der Waals surface area contributed by atoms with Crippen LogP contribution in [0, 0.1) is 11.7 Å². The van der Waals surface area contributed by atoms with Gasteiger partial charge in [0.2, 0.25) is 10.0 Å². The van der Waals surface area contributed by atoms with Crippen molar-refractivity contribution in [2.24, 2.45) is 5.92 Å². The molecule has 9 heteroatoms. The number of sulfonamides is 1. The number of ether oxygens (including phenoxy) is 1. The second-order valence-electron chi connectivity index (χ2n) is 4.93. The highest BCUT2D eigenvalue weighted by Crippen LogP contribution is 2.33. The molecule has 6 nitrogen and oxygen atoms in total. The average Bonchev–Trinajstić information content (AvgIpc) is 2.49. The van der Waals surface area contributed by atoms with Gasteiger partial charge < -0.3 is 9.84 Å². The Balaban J connectivity index is 2.32. The number of carboxylic acid groups (broad SMARTS) is 1. The fraction of sp³-hybridized carbons (Fsp3) is 0.462. The summed E-state index contributed by atoms with van der Waals surface area (Å²) in [4.78, 5) is 10.7. The van der Waals surface area contributed by atoms with Gasteiger partial charge >= 0.3 is 5.97 Å². The molecular formula is C13H15BrFNO5S. The second-order valence-corrected chi connectivity index (χ2v) is 7.69. The largest absolute Gasteiger partial charge is 0.495 e. The Morgan fingerprint density at radius 3 is 2.50 bits per heavy atom. The van der Waals surface area contributed by atoms with Gasteiger partial charge in [0, 0.05) is 13.1 Å². The number of nitrogens with zero attached hydrogens (tertiary/aromatic N) is 1. The lowest BCUT2D eigenvalue weighted by Gasteiger charge is -2.29. The molecule has 1 heterocycles. The van der Waals surface area contributed by atoms with E-state index in [0.29, 0.717) is 0 Å². The quantitative estimate of drug-likeness (QED) is 0.843. The van der Waals surface area contributed by atoms with Gasteiger partial charge in [0.25, 0.3) is 0 Å². The van der Waals surface area contributed by atoms with Gasteiger partial charge in [0.15, 0.2) is 0 Å². The molecule has 22 heavy (non-hydrogen) atoms. The number of halogens is 2. The van der Waals surface area contributed by atoms with Crippen molar-refractivity contribution >= 4 is 31.9 Å². The third-order valence-electron chi connectivity index (χ3n) is 3.63. The van der Waals surface area contributed by atoms with Crippen molar-refractivity contribution in [2.75, 3.05) is 20.2 Å². The zero-order valence-corrected chi connectivity index (χ0v) is 14.2. The van der Waals surface area contributed by atoms with Crippen molar-refractivity contribution in [1.82, 2.24) is 4.31 Å². The summed E-state index contributed by atoms with van der Waals surface area (Å²) in [5.41, 5.74) is 0. The minimum atomic E-state index is -3.94. The third-order valence-corrected chi connectivity index (χ3v) is 6.16. The second kappa shape index (κ2) is 6.51. The van der Waals surface area contributed by atoms with Crippen molar-refractivity contribution in [3.8, 4) is 5.75 Å². The van der Waals surface area contributed by atoms with E-state index in [1.807, 2.05) is 0 Å². The minimum Gasteiger partial charge on any atom is -0.495 e. The van der Waals surface area contributed by atoms with Crippen molar-refractivity contribution < 1.29 is 27.4 Å². The van der Waals surface area contributed by atoms with Crippen LogP contribution in [-0.2, 0) is 14.8 Å². The van der Waals surface area contributed by atoms with Crippen molar-refractivity contribution in [3.63, 3.8) is 0 Å². The van der Waals surface area contributed by atoms with Crippen LogP contribution < -0.4 is 4.74 Å². The molecule has 1 aromatic rings. The van der Waals surface area contributed by atoms with E-state index in [2.05, 4.69) is 15.9 Å². The highest BCUT2D eigenvalue weighted by Gasteiger charge is 2.34. The molecule has 0 amide bonds. The number of methoxy groups -OCH3 is 1. The van der Waals surface area contributed by atoms with Crippen LogP contribution >= 0.6 is 15.9 Å². The van der Waals surface area contributed by atoms with Crippen LogP contribution in [-0.4, -0.2) is 44.0 Å². The topological polar surface area (TPSA) is 83.9 Å². The van der Waals surface area contributed by atoms with E-state index in [1.54, 1.807) is 0 Å². The number of hydrogen-bond acceptors (Lipinski definition) is 4. The highest BCUT2D eigenvalue weighted by atomic mass is 79.9. The summed E-state index contributed by atoms with van der Waals surface area (Å²) < 4.78 is 45.2. The van der Waals surface area contributed by atoms with Crippen LogP contribution in [0.25, 0.3) is 0 Å². The number of aliphatic carboxylic acids is 1. The summed E-state index contributed by atoms with van der Waals surface area (Å²) >= 11 is 2.98. The maximum atomic E-state index is 13.7. The molecule has 0 saturated carbocycles. The number of carboxylic acids is 1. The summed E-state index contributed by atoms with van der Waals surface area (Å²) in [5.74, 6) is -2.15. The maximum Gasteiger partial charge on any atom is 0.306 e. The Bertz CT molecular complexity index is 686. The predicted octanol–water partition coefficient (Wildman–Crippen LogP) is 2.08. The molecule has 0 unspecified atom stereocenters. The molecule has 0 aliphatic carbocycles. The first-order valence-electron chi connectivity index (χ1n) is 6.53. The lowest BCUT2D eigenvalue weighted by molar-refractivity contribution is -0.142. The molecule has 1 aliphatic rings. The van der Waals surface area contributed by atoms with Crippen molar-refractivity contribution in [2.45, 2.75) is 17.7 Å². The molecule has 0 spiro atoms. The monoisotopic (exact) mass is 395 g/mol. The van der Waals surface area contributed by atoms with Gasteiger partial charge in [-0.05, 0) is 40.9 Å². The Kier molecular flexibility index (Phi) is 5.08. The first kappa shape index (κ1) is 17.2. The maximum absolute atomic E-state index is 13.7. The minimum absolute atomic E-state index is 0.0358. The van der Waals surface area contributed by atoms with Crippen LogP contribution in [0.2, 0.25) is 0 Å². The van der Waals surface area contributed by atoms with Crippen LogP contribution in [0.15, 0.2) is 21.5 Å². The van der Waals surface area contributed by atoms with Gasteiger partial charge in [-0.15, -0.1) is 0 Å². The van der Waals surface area contributed by atoms with Crippen molar-refractivity contribution in [3.05, 3.63) is 22.4 Å². The number of rotatable bonds is 4. The molecule has 1 aromatic carbocycles. The van der Waals surface area contributed by atoms with E-state index >= 15 is 0 Å². The van der Waals surface area contributed by atoms with E-state index in [1.165, 1.54) is 13.2 Å². The SMILES string of the molecule is COc1cc(Br)c(F)cc1S(=O)(=O)N1CCC(C(=O)O)CC1. The van der Waals surface area contributed by atoms with Gasteiger partial charge in [-0.2, -0.15) is 4.31 Å². The zero-order chi connectivity index (χ0) is 16.5. The predicted molar refractivity (Wildman–Crippen MR) is 79.8 cm³/mol. The molecule has 1 N–H and O–H groups in total. The lowest BCUT2D eigenvalue weighted by Crippen LogP contribution is -2.40. The normalized spacial score (nSPS) is 17.4. The average molecular weight is 396 g/mol. The highest BCUT2D eigenvalue weighted by molar-refractivity contribution is 9.10. The first-order valence-corrected chi connectivity index (χ1v) is 8.76. The molecule has 0 bridgehead atoms. The van der Waals surface area contributed by atoms with E-state index in [0.717, 1.165) is 10.4 Å². The molecule has 2 rings (SSSR count).